The highest BCUT2D eigenvalue weighted by molar-refractivity contribution is 7.85. The minimum absolute atomic E-state index is 0.154. The molecule has 0 aliphatic carbocycles. The van der Waals surface area contributed by atoms with Gasteiger partial charge in [-0.1, -0.05) is 17.7 Å². The first-order valence-corrected chi connectivity index (χ1v) is 7.41. The largest absolute Gasteiger partial charge is 0.481 e. The van der Waals surface area contributed by atoms with Crippen molar-refractivity contribution in [2.24, 2.45) is 0 Å². The predicted octanol–water partition coefficient (Wildman–Crippen LogP) is 2.50. The Morgan fingerprint density at radius 2 is 1.65 bits per heavy atom. The van der Waals surface area contributed by atoms with E-state index in [-0.39, 0.29) is 4.90 Å². The first-order valence-electron chi connectivity index (χ1n) is 6.19. The minimum Gasteiger partial charge on any atom is -0.481 e. The van der Waals surface area contributed by atoms with Crippen molar-refractivity contribution >= 4 is 16.8 Å². The van der Waals surface area contributed by atoms with Crippen LogP contribution in [0.3, 0.4) is 0 Å². The van der Waals surface area contributed by atoms with Crippen LogP contribution in [0.1, 0.15) is 12.0 Å². The Morgan fingerprint density at radius 1 is 1.17 bits per heavy atom. The molecule has 1 aromatic carbocycles. The lowest BCUT2D eigenvalue weighted by Gasteiger charge is -2.29. The third-order valence-corrected chi connectivity index (χ3v) is 4.72. The van der Waals surface area contributed by atoms with Gasteiger partial charge in [-0.05, 0) is 19.1 Å². The van der Waals surface area contributed by atoms with Crippen LogP contribution < -0.4 is 0 Å². The third-order valence-electron chi connectivity index (χ3n) is 3.01. The minimum atomic E-state index is -6.10. The normalized spacial score (nSPS) is 16.7. The van der Waals surface area contributed by atoms with E-state index < -0.39 is 46.6 Å². The van der Waals surface area contributed by atoms with Gasteiger partial charge in [-0.2, -0.15) is 22.0 Å². The topological polar surface area (TPSA) is 74.6 Å². The second-order valence-corrected chi connectivity index (χ2v) is 6.48. The summed E-state index contributed by atoms with van der Waals surface area (Å²) in [5.41, 5.74) is 0.710. The van der Waals surface area contributed by atoms with Gasteiger partial charge in [-0.25, -0.2) is 0 Å². The zero-order valence-corrected chi connectivity index (χ0v) is 12.5. The zero-order valence-electron chi connectivity index (χ0n) is 11.7. The second kappa shape index (κ2) is 6.91. The van der Waals surface area contributed by atoms with E-state index in [2.05, 4.69) is 0 Å². The lowest BCUT2D eigenvalue weighted by atomic mass is 10.1. The monoisotopic (exact) mass is 360 g/mol. The van der Waals surface area contributed by atoms with Gasteiger partial charge < -0.3 is 10.2 Å². The number of hydrogen-bond donors (Lipinski definition) is 2. The highest BCUT2D eigenvalue weighted by Gasteiger charge is 2.64. The van der Waals surface area contributed by atoms with Crippen molar-refractivity contribution in [1.82, 2.24) is 0 Å². The Labute approximate surface area is 130 Å². The Hall–Kier alpha value is -1.55. The summed E-state index contributed by atoms with van der Waals surface area (Å²) in [5, 5.41) is 15.7. The molecule has 0 saturated heterocycles. The van der Waals surface area contributed by atoms with Crippen molar-refractivity contribution in [1.29, 1.82) is 0 Å². The van der Waals surface area contributed by atoms with Gasteiger partial charge in [0.25, 0.3) is 0 Å². The first-order chi connectivity index (χ1) is 10.4. The number of hydrogen-bond acceptors (Lipinski definition) is 3. The number of aryl methyl sites for hydroxylation is 1. The van der Waals surface area contributed by atoms with Crippen LogP contribution in [0.5, 0.6) is 0 Å². The van der Waals surface area contributed by atoms with E-state index in [1.54, 1.807) is 6.92 Å². The molecule has 10 heteroatoms. The van der Waals surface area contributed by atoms with Gasteiger partial charge in [0, 0.05) is 4.90 Å². The van der Waals surface area contributed by atoms with Crippen molar-refractivity contribution in [2.45, 2.75) is 41.7 Å². The first kappa shape index (κ1) is 19.5. The van der Waals surface area contributed by atoms with Gasteiger partial charge >= 0.3 is 18.1 Å². The van der Waals surface area contributed by atoms with Crippen LogP contribution in [-0.2, 0) is 15.6 Å². The summed E-state index contributed by atoms with van der Waals surface area (Å²) < 4.78 is 75.8. The fraction of sp³-hybridized carbons (Fsp3) is 0.462. The SMILES string of the molecule is Cc1ccc([S@@](=O)[C@H](CC(=O)O)[C@H](O)C(F)(F)C(F)(F)F)cc1. The average Bonchev–Trinajstić information content (AvgIpc) is 2.42. The Kier molecular flexibility index (Phi) is 5.86. The van der Waals surface area contributed by atoms with Gasteiger partial charge in [0.1, 0.15) is 6.10 Å². The molecule has 0 amide bonds. The quantitative estimate of drug-likeness (QED) is 0.765. The predicted molar refractivity (Wildman–Crippen MR) is 70.6 cm³/mol. The van der Waals surface area contributed by atoms with E-state index in [0.717, 1.165) is 0 Å². The van der Waals surface area contributed by atoms with Crippen molar-refractivity contribution in [3.05, 3.63) is 29.8 Å². The van der Waals surface area contributed by atoms with Gasteiger partial charge in [-0.3, -0.25) is 9.00 Å². The standard InChI is InChI=1S/C13H13F5O4S/c1-7-2-4-8(5-3-7)23(22)9(6-10(19)20)11(21)12(14,15)13(16,17)18/h2-5,9,11,21H,6H2,1H3,(H,19,20)/t9-,11+,23-/m1/s1. The molecule has 1 rings (SSSR count). The summed E-state index contributed by atoms with van der Waals surface area (Å²) in [6.07, 6.45) is -10.9. The number of alkyl halides is 5. The molecule has 0 bridgehead atoms. The number of rotatable bonds is 6. The molecule has 130 valence electrons. The molecular formula is C13H13F5O4S. The number of aliphatic hydroxyl groups is 1. The molecule has 1 aromatic rings. The molecular weight excluding hydrogens is 347 g/mol. The summed E-state index contributed by atoms with van der Waals surface area (Å²) in [5.74, 6) is -7.35. The molecule has 23 heavy (non-hydrogen) atoms. The highest BCUT2D eigenvalue weighted by Crippen LogP contribution is 2.41. The van der Waals surface area contributed by atoms with Crippen LogP contribution in [0.15, 0.2) is 29.2 Å². The molecule has 4 nitrogen and oxygen atoms in total. The fourth-order valence-electron chi connectivity index (χ4n) is 1.72. The molecule has 0 saturated carbocycles. The van der Waals surface area contributed by atoms with Gasteiger partial charge in [-0.15, -0.1) is 0 Å². The van der Waals surface area contributed by atoms with Crippen LogP contribution in [0.25, 0.3) is 0 Å². The van der Waals surface area contributed by atoms with E-state index >= 15 is 0 Å². The van der Waals surface area contributed by atoms with Crippen LogP contribution in [0.2, 0.25) is 0 Å². The van der Waals surface area contributed by atoms with E-state index in [0.29, 0.717) is 5.56 Å². The number of carboxylic acid groups (broad SMARTS) is 1. The Bertz CT molecular complexity index is 585. The molecule has 0 unspecified atom stereocenters. The molecule has 0 aliphatic heterocycles. The molecule has 3 atom stereocenters. The molecule has 0 radical (unpaired) electrons. The van der Waals surface area contributed by atoms with Gasteiger partial charge in [0.05, 0.1) is 22.5 Å². The number of carboxylic acids is 1. The molecule has 0 aromatic heterocycles. The zero-order chi connectivity index (χ0) is 18.0. The maximum atomic E-state index is 13.3. The summed E-state index contributed by atoms with van der Waals surface area (Å²) in [4.78, 5) is 10.6. The number of aliphatic hydroxyl groups excluding tert-OH is 1. The maximum Gasteiger partial charge on any atom is 0.456 e. The van der Waals surface area contributed by atoms with E-state index in [4.69, 9.17) is 5.11 Å². The van der Waals surface area contributed by atoms with E-state index in [9.17, 15) is 36.1 Å². The van der Waals surface area contributed by atoms with E-state index in [1.165, 1.54) is 24.3 Å². The van der Waals surface area contributed by atoms with E-state index in [1.807, 2.05) is 0 Å². The smallest absolute Gasteiger partial charge is 0.456 e. The number of halogens is 5. The molecule has 0 heterocycles. The van der Waals surface area contributed by atoms with Crippen molar-refractivity contribution in [3.8, 4) is 0 Å². The summed E-state index contributed by atoms with van der Waals surface area (Å²) in [7, 11) is -2.57. The lowest BCUT2D eigenvalue weighted by molar-refractivity contribution is -0.312. The second-order valence-electron chi connectivity index (χ2n) is 4.81. The van der Waals surface area contributed by atoms with Crippen molar-refractivity contribution in [3.63, 3.8) is 0 Å². The van der Waals surface area contributed by atoms with Crippen LogP contribution >= 0.6 is 0 Å². The number of benzene rings is 1. The highest BCUT2D eigenvalue weighted by atomic mass is 32.2. The average molecular weight is 360 g/mol. The number of aliphatic carboxylic acids is 1. The lowest BCUT2D eigenvalue weighted by Crippen LogP contribution is -2.53. The van der Waals surface area contributed by atoms with Crippen molar-refractivity contribution in [2.75, 3.05) is 0 Å². The fourth-order valence-corrected chi connectivity index (χ4v) is 3.18. The van der Waals surface area contributed by atoms with Crippen molar-refractivity contribution < 1.29 is 41.2 Å². The number of carbonyl (C=O) groups is 1. The molecule has 0 aliphatic rings. The van der Waals surface area contributed by atoms with Gasteiger partial charge in [0.15, 0.2) is 0 Å². The molecule has 0 fully saturated rings. The Balaban J connectivity index is 3.21. The third kappa shape index (κ3) is 4.47. The summed E-state index contributed by atoms with van der Waals surface area (Å²) in [6.45, 7) is 1.66. The summed E-state index contributed by atoms with van der Waals surface area (Å²) in [6, 6.07) is 5.27. The van der Waals surface area contributed by atoms with Crippen LogP contribution in [0, 0.1) is 6.92 Å². The van der Waals surface area contributed by atoms with Crippen LogP contribution in [0.4, 0.5) is 22.0 Å². The molecule has 2 N–H and O–H groups in total. The van der Waals surface area contributed by atoms with Gasteiger partial charge in [0.2, 0.25) is 0 Å². The maximum absolute atomic E-state index is 13.3. The summed E-state index contributed by atoms with van der Waals surface area (Å²) >= 11 is 0. The molecule has 0 spiro atoms. The Morgan fingerprint density at radius 3 is 2.04 bits per heavy atom. The van der Waals surface area contributed by atoms with Crippen LogP contribution in [-0.4, -0.2) is 43.8 Å².